The molecule has 0 aliphatic carbocycles. The van der Waals surface area contributed by atoms with E-state index in [1.54, 1.807) is 13.2 Å². The third-order valence-electron chi connectivity index (χ3n) is 3.39. The largest absolute Gasteiger partial charge is 0.497 e. The number of ether oxygens (including phenoxy) is 2. The second kappa shape index (κ2) is 5.41. The van der Waals surface area contributed by atoms with Crippen LogP contribution in [0.5, 0.6) is 5.75 Å². The molecule has 0 amide bonds. The van der Waals surface area contributed by atoms with Crippen molar-refractivity contribution in [1.29, 1.82) is 0 Å². The van der Waals surface area contributed by atoms with E-state index in [0.29, 0.717) is 16.9 Å². The number of furan rings is 1. The maximum atomic E-state index is 11.4. The molecule has 0 fully saturated rings. The second-order valence-corrected chi connectivity index (χ2v) is 5.95. The summed E-state index contributed by atoms with van der Waals surface area (Å²) < 4.78 is 16.1. The van der Waals surface area contributed by atoms with Crippen LogP contribution in [-0.2, 0) is 16.8 Å². The van der Waals surface area contributed by atoms with Gasteiger partial charge in [-0.25, -0.2) is 4.79 Å². The second-order valence-electron chi connectivity index (χ2n) is 5.95. The number of benzene rings is 1. The van der Waals surface area contributed by atoms with Crippen LogP contribution in [0.4, 0.5) is 0 Å². The highest BCUT2D eigenvalue weighted by Gasteiger charge is 2.26. The van der Waals surface area contributed by atoms with Gasteiger partial charge in [0.1, 0.15) is 11.3 Å². The van der Waals surface area contributed by atoms with Crippen molar-refractivity contribution >= 4 is 16.9 Å². The Morgan fingerprint density at radius 3 is 2.43 bits per heavy atom. The van der Waals surface area contributed by atoms with Crippen LogP contribution in [0, 0.1) is 0 Å². The number of carboxylic acids is 1. The summed E-state index contributed by atoms with van der Waals surface area (Å²) in [5.41, 5.74) is 1.81. The Hall–Kier alpha value is -2.01. The van der Waals surface area contributed by atoms with Gasteiger partial charge in [-0.05, 0) is 17.5 Å². The molecule has 1 aromatic carbocycles. The first-order valence-corrected chi connectivity index (χ1v) is 6.65. The highest BCUT2D eigenvalue weighted by molar-refractivity contribution is 5.97. The predicted molar refractivity (Wildman–Crippen MR) is 79.1 cm³/mol. The lowest BCUT2D eigenvalue weighted by atomic mass is 9.85. The molecule has 1 aromatic heterocycles. The van der Waals surface area contributed by atoms with E-state index in [1.165, 1.54) is 7.11 Å². The van der Waals surface area contributed by atoms with Crippen molar-refractivity contribution in [2.75, 3.05) is 14.2 Å². The number of aromatic carboxylic acids is 1. The summed E-state index contributed by atoms with van der Waals surface area (Å²) in [6, 6.07) is 3.67. The highest BCUT2D eigenvalue weighted by atomic mass is 16.5. The molecule has 0 aliphatic heterocycles. The predicted octanol–water partition coefficient (Wildman–Crippen LogP) is 3.58. The molecule has 2 aromatic rings. The van der Waals surface area contributed by atoms with Crippen molar-refractivity contribution in [2.24, 2.45) is 0 Å². The zero-order chi connectivity index (χ0) is 15.8. The van der Waals surface area contributed by atoms with Gasteiger partial charge in [-0.1, -0.05) is 20.8 Å². The van der Waals surface area contributed by atoms with E-state index in [2.05, 4.69) is 0 Å². The van der Waals surface area contributed by atoms with Crippen LogP contribution in [0.1, 0.15) is 42.5 Å². The van der Waals surface area contributed by atoms with Gasteiger partial charge in [0.2, 0.25) is 5.76 Å². The van der Waals surface area contributed by atoms with Crippen LogP contribution in [0.2, 0.25) is 0 Å². The summed E-state index contributed by atoms with van der Waals surface area (Å²) in [7, 11) is 3.11. The standard InChI is InChI=1S/C16H20O5/c1-16(2,3)12-7-9(20-5)6-10-11(8-19-4)14(15(17)18)21-13(10)12/h6-7H,8H2,1-5H3,(H,17,18). The number of rotatable bonds is 4. The zero-order valence-electron chi connectivity index (χ0n) is 12.9. The third-order valence-corrected chi connectivity index (χ3v) is 3.39. The summed E-state index contributed by atoms with van der Waals surface area (Å²) in [5, 5.41) is 10.1. The van der Waals surface area contributed by atoms with Gasteiger partial charge >= 0.3 is 5.97 Å². The Kier molecular flexibility index (Phi) is 3.96. The molecule has 0 aliphatic rings. The lowest BCUT2D eigenvalue weighted by molar-refractivity contribution is 0.0658. The molecular weight excluding hydrogens is 272 g/mol. The molecule has 0 spiro atoms. The van der Waals surface area contributed by atoms with Gasteiger partial charge in [0.15, 0.2) is 0 Å². The summed E-state index contributed by atoms with van der Waals surface area (Å²) in [4.78, 5) is 11.4. The van der Waals surface area contributed by atoms with E-state index in [0.717, 1.165) is 10.9 Å². The topological polar surface area (TPSA) is 68.9 Å². The van der Waals surface area contributed by atoms with E-state index < -0.39 is 5.97 Å². The first kappa shape index (κ1) is 15.4. The molecule has 0 radical (unpaired) electrons. The molecule has 2 rings (SSSR count). The summed E-state index contributed by atoms with van der Waals surface area (Å²) in [6.45, 7) is 6.30. The molecule has 5 heteroatoms. The van der Waals surface area contributed by atoms with E-state index in [-0.39, 0.29) is 17.8 Å². The quantitative estimate of drug-likeness (QED) is 0.932. The fraction of sp³-hybridized carbons (Fsp3) is 0.438. The molecule has 0 saturated heterocycles. The van der Waals surface area contributed by atoms with Gasteiger partial charge in [-0.15, -0.1) is 0 Å². The molecule has 21 heavy (non-hydrogen) atoms. The lowest BCUT2D eigenvalue weighted by Gasteiger charge is -2.20. The number of fused-ring (bicyclic) bond motifs is 1. The molecule has 0 saturated carbocycles. The van der Waals surface area contributed by atoms with Crippen molar-refractivity contribution in [2.45, 2.75) is 32.8 Å². The average Bonchev–Trinajstić information content (AvgIpc) is 2.76. The van der Waals surface area contributed by atoms with Crippen molar-refractivity contribution in [1.82, 2.24) is 0 Å². The van der Waals surface area contributed by atoms with Crippen molar-refractivity contribution in [3.8, 4) is 5.75 Å². The normalized spacial score (nSPS) is 11.9. The third kappa shape index (κ3) is 2.74. The molecule has 0 bridgehead atoms. The maximum absolute atomic E-state index is 11.4. The van der Waals surface area contributed by atoms with Crippen molar-refractivity contribution < 1.29 is 23.8 Å². The molecule has 0 atom stereocenters. The van der Waals surface area contributed by atoms with Gasteiger partial charge < -0.3 is 19.0 Å². The van der Waals surface area contributed by atoms with Crippen LogP contribution in [0.25, 0.3) is 11.0 Å². The Morgan fingerprint density at radius 1 is 1.29 bits per heavy atom. The van der Waals surface area contributed by atoms with E-state index in [4.69, 9.17) is 13.9 Å². The van der Waals surface area contributed by atoms with Gasteiger partial charge in [0.05, 0.1) is 13.7 Å². The minimum Gasteiger partial charge on any atom is -0.497 e. The van der Waals surface area contributed by atoms with Crippen molar-refractivity contribution in [3.63, 3.8) is 0 Å². The maximum Gasteiger partial charge on any atom is 0.372 e. The minimum atomic E-state index is -1.10. The van der Waals surface area contributed by atoms with Crippen LogP contribution in [-0.4, -0.2) is 25.3 Å². The highest BCUT2D eigenvalue weighted by Crippen LogP contribution is 2.38. The fourth-order valence-electron chi connectivity index (χ4n) is 2.36. The zero-order valence-corrected chi connectivity index (χ0v) is 12.9. The Labute approximate surface area is 123 Å². The minimum absolute atomic E-state index is 0.0781. The summed E-state index contributed by atoms with van der Waals surface area (Å²) in [6.07, 6.45) is 0. The van der Waals surface area contributed by atoms with Crippen LogP contribution in [0.3, 0.4) is 0 Å². The van der Waals surface area contributed by atoms with Gasteiger partial charge in [0, 0.05) is 23.6 Å². The molecule has 5 nitrogen and oxygen atoms in total. The SMILES string of the molecule is COCc1c(C(=O)O)oc2c(C(C)(C)C)cc(OC)cc12. The van der Waals surface area contributed by atoms with Gasteiger partial charge in [-0.2, -0.15) is 0 Å². The lowest BCUT2D eigenvalue weighted by Crippen LogP contribution is -2.11. The van der Waals surface area contributed by atoms with Crippen molar-refractivity contribution in [3.05, 3.63) is 29.0 Å². The monoisotopic (exact) mass is 292 g/mol. The van der Waals surface area contributed by atoms with Gasteiger partial charge in [-0.3, -0.25) is 0 Å². The van der Waals surface area contributed by atoms with Crippen LogP contribution in [0.15, 0.2) is 16.5 Å². The first-order chi connectivity index (χ1) is 9.79. The number of hydrogen-bond acceptors (Lipinski definition) is 4. The number of methoxy groups -OCH3 is 2. The molecule has 1 N–H and O–H groups in total. The summed E-state index contributed by atoms with van der Waals surface area (Å²) >= 11 is 0. The Balaban J connectivity index is 2.87. The Bertz CT molecular complexity index is 676. The smallest absolute Gasteiger partial charge is 0.372 e. The summed E-state index contributed by atoms with van der Waals surface area (Å²) in [5.74, 6) is -0.509. The number of carboxylic acid groups (broad SMARTS) is 1. The van der Waals surface area contributed by atoms with E-state index >= 15 is 0 Å². The Morgan fingerprint density at radius 2 is 1.95 bits per heavy atom. The molecule has 114 valence electrons. The van der Waals surface area contributed by atoms with Gasteiger partial charge in [0.25, 0.3) is 0 Å². The molecule has 0 unspecified atom stereocenters. The molecule has 1 heterocycles. The first-order valence-electron chi connectivity index (χ1n) is 6.65. The molecular formula is C16H20O5. The van der Waals surface area contributed by atoms with Crippen LogP contribution < -0.4 is 4.74 Å². The van der Waals surface area contributed by atoms with E-state index in [1.807, 2.05) is 26.8 Å². The van der Waals surface area contributed by atoms with Crippen LogP contribution >= 0.6 is 0 Å². The number of hydrogen-bond donors (Lipinski definition) is 1. The van der Waals surface area contributed by atoms with E-state index in [9.17, 15) is 9.90 Å². The average molecular weight is 292 g/mol. The number of carbonyl (C=O) groups is 1. The fourth-order valence-corrected chi connectivity index (χ4v) is 2.36.